The van der Waals surface area contributed by atoms with E-state index in [0.29, 0.717) is 23.1 Å². The van der Waals surface area contributed by atoms with Gasteiger partial charge in [-0.25, -0.2) is 0 Å². The summed E-state index contributed by atoms with van der Waals surface area (Å²) in [5, 5.41) is 32.3. The molecule has 1 aliphatic heterocycles. The Balaban J connectivity index is 1.95. The fourth-order valence-corrected chi connectivity index (χ4v) is 4.38. The number of aromatic hydroxyl groups is 2. The second kappa shape index (κ2) is 8.84. The van der Waals surface area contributed by atoms with Gasteiger partial charge in [-0.1, -0.05) is 23.3 Å². The van der Waals surface area contributed by atoms with Crippen LogP contribution in [0.5, 0.6) is 17.2 Å². The van der Waals surface area contributed by atoms with Crippen molar-refractivity contribution < 1.29 is 24.5 Å². The normalized spacial score (nSPS) is 17.5. The molecule has 0 amide bonds. The van der Waals surface area contributed by atoms with Gasteiger partial charge in [-0.3, -0.25) is 4.79 Å². The molecule has 6 heteroatoms. The highest BCUT2D eigenvalue weighted by Crippen LogP contribution is 2.46. The molecule has 6 nitrogen and oxygen atoms in total. The van der Waals surface area contributed by atoms with Crippen LogP contribution in [0.15, 0.2) is 50.7 Å². The zero-order valence-corrected chi connectivity index (χ0v) is 20.4. The van der Waals surface area contributed by atoms with Gasteiger partial charge in [-0.2, -0.15) is 0 Å². The largest absolute Gasteiger partial charge is 0.508 e. The van der Waals surface area contributed by atoms with Gasteiger partial charge in [0.05, 0.1) is 11.5 Å². The Morgan fingerprint density at radius 2 is 1.91 bits per heavy atom. The van der Waals surface area contributed by atoms with Crippen LogP contribution in [-0.4, -0.2) is 27.0 Å². The van der Waals surface area contributed by atoms with Gasteiger partial charge < -0.3 is 24.5 Å². The number of hydrogen-bond donors (Lipinski definition) is 3. The van der Waals surface area contributed by atoms with Crippen molar-refractivity contribution in [1.82, 2.24) is 0 Å². The Morgan fingerprint density at radius 3 is 2.62 bits per heavy atom. The summed E-state index contributed by atoms with van der Waals surface area (Å²) in [6.07, 6.45) is 5.69. The van der Waals surface area contributed by atoms with Crippen LogP contribution in [0.1, 0.15) is 58.6 Å². The van der Waals surface area contributed by atoms with Gasteiger partial charge in [0.15, 0.2) is 0 Å². The number of phenols is 2. The van der Waals surface area contributed by atoms with E-state index < -0.39 is 11.7 Å². The average molecular weight is 465 g/mol. The van der Waals surface area contributed by atoms with Crippen molar-refractivity contribution in [2.24, 2.45) is 0 Å². The number of ether oxygens (including phenoxy) is 1. The van der Waals surface area contributed by atoms with E-state index in [0.717, 1.165) is 18.4 Å². The molecule has 0 fully saturated rings. The van der Waals surface area contributed by atoms with E-state index >= 15 is 0 Å². The van der Waals surface area contributed by atoms with Crippen LogP contribution < -0.4 is 10.2 Å². The number of aliphatic hydroxyl groups is 1. The standard InChI is InChI=1S/C28H32O6/c1-15(2)7-6-8-16(3)9-11-18-24(31)20-14-22(30)28(4,5)34-27(20)23-25(32)19-13-17(29)10-12-21(19)33-26(18)23/h7,9-10,12-13,22,29-31H,6,8,11,14H2,1-5H3. The van der Waals surface area contributed by atoms with E-state index in [4.69, 9.17) is 9.15 Å². The van der Waals surface area contributed by atoms with Gasteiger partial charge in [0.1, 0.15) is 39.4 Å². The third-order valence-corrected chi connectivity index (χ3v) is 6.53. The number of hydrogen-bond acceptors (Lipinski definition) is 6. The van der Waals surface area contributed by atoms with E-state index in [1.807, 2.05) is 13.0 Å². The molecule has 3 N–H and O–H groups in total. The van der Waals surface area contributed by atoms with Crippen LogP contribution in [-0.2, 0) is 12.8 Å². The smallest absolute Gasteiger partial charge is 0.204 e. The molecule has 1 aromatic heterocycles. The molecule has 0 spiro atoms. The molecule has 2 aromatic carbocycles. The van der Waals surface area contributed by atoms with Crippen molar-refractivity contribution in [2.45, 2.75) is 72.0 Å². The summed E-state index contributed by atoms with van der Waals surface area (Å²) in [6, 6.07) is 4.37. The van der Waals surface area contributed by atoms with E-state index in [2.05, 4.69) is 19.9 Å². The Hall–Kier alpha value is -3.25. The zero-order valence-electron chi connectivity index (χ0n) is 20.4. The minimum atomic E-state index is -0.949. The van der Waals surface area contributed by atoms with E-state index in [1.165, 1.54) is 17.7 Å². The lowest BCUT2D eigenvalue weighted by Crippen LogP contribution is -2.46. The number of fused-ring (bicyclic) bond motifs is 4. The molecule has 1 unspecified atom stereocenters. The maximum Gasteiger partial charge on any atom is 0.204 e. The molecule has 1 aliphatic rings. The highest BCUT2D eigenvalue weighted by molar-refractivity contribution is 5.97. The molecule has 0 radical (unpaired) electrons. The first-order valence-corrected chi connectivity index (χ1v) is 11.6. The third kappa shape index (κ3) is 4.30. The summed E-state index contributed by atoms with van der Waals surface area (Å²) >= 11 is 0. The lowest BCUT2D eigenvalue weighted by molar-refractivity contribution is -0.0406. The molecule has 0 aliphatic carbocycles. The Labute approximate surface area is 198 Å². The first-order valence-electron chi connectivity index (χ1n) is 11.6. The van der Waals surface area contributed by atoms with E-state index in [1.54, 1.807) is 19.9 Å². The number of aliphatic hydroxyl groups excluding tert-OH is 1. The molecule has 0 saturated heterocycles. The molecule has 0 saturated carbocycles. The molecule has 1 atom stereocenters. The van der Waals surface area contributed by atoms with Crippen molar-refractivity contribution in [3.63, 3.8) is 0 Å². The highest BCUT2D eigenvalue weighted by atomic mass is 16.5. The monoisotopic (exact) mass is 464 g/mol. The lowest BCUT2D eigenvalue weighted by Gasteiger charge is -2.38. The fraction of sp³-hybridized carbons (Fsp3) is 0.393. The molecule has 2 heterocycles. The Bertz CT molecular complexity index is 1390. The number of benzene rings is 2. The predicted octanol–water partition coefficient (Wildman–Crippen LogP) is 5.67. The van der Waals surface area contributed by atoms with Crippen molar-refractivity contribution in [1.29, 1.82) is 0 Å². The Morgan fingerprint density at radius 1 is 1.18 bits per heavy atom. The van der Waals surface area contributed by atoms with Gasteiger partial charge >= 0.3 is 0 Å². The lowest BCUT2D eigenvalue weighted by atomic mass is 9.87. The highest BCUT2D eigenvalue weighted by Gasteiger charge is 2.40. The van der Waals surface area contributed by atoms with Gasteiger partial charge in [-0.15, -0.1) is 0 Å². The molecule has 4 rings (SSSR count). The second-order valence-electron chi connectivity index (χ2n) is 9.95. The summed E-state index contributed by atoms with van der Waals surface area (Å²) < 4.78 is 12.2. The number of rotatable bonds is 5. The van der Waals surface area contributed by atoms with Crippen LogP contribution in [0, 0.1) is 0 Å². The van der Waals surface area contributed by atoms with Crippen LogP contribution in [0.4, 0.5) is 0 Å². The van der Waals surface area contributed by atoms with Crippen LogP contribution >= 0.6 is 0 Å². The summed E-state index contributed by atoms with van der Waals surface area (Å²) in [5.74, 6) is 0.167. The summed E-state index contributed by atoms with van der Waals surface area (Å²) in [6.45, 7) is 9.66. The summed E-state index contributed by atoms with van der Waals surface area (Å²) in [5.41, 5.74) is 2.60. The predicted molar refractivity (Wildman–Crippen MR) is 134 cm³/mol. The number of phenolic OH excluding ortho intramolecular Hbond substituents is 2. The van der Waals surface area contributed by atoms with Gasteiger partial charge in [-0.05, 0) is 72.1 Å². The topological polar surface area (TPSA) is 100 Å². The van der Waals surface area contributed by atoms with Gasteiger partial charge in [0.2, 0.25) is 5.43 Å². The fourth-order valence-electron chi connectivity index (χ4n) is 4.38. The van der Waals surface area contributed by atoms with Crippen LogP contribution in [0.2, 0.25) is 0 Å². The minimum Gasteiger partial charge on any atom is -0.508 e. The first-order chi connectivity index (χ1) is 16.0. The molecule has 3 aromatic rings. The van der Waals surface area contributed by atoms with Gasteiger partial charge in [0.25, 0.3) is 0 Å². The molecular weight excluding hydrogens is 432 g/mol. The van der Waals surface area contributed by atoms with Crippen LogP contribution in [0.25, 0.3) is 21.9 Å². The first kappa shape index (κ1) is 23.9. The molecule has 180 valence electrons. The molecular formula is C28H32O6. The van der Waals surface area contributed by atoms with Crippen molar-refractivity contribution >= 4 is 21.9 Å². The van der Waals surface area contributed by atoms with Crippen LogP contribution in [0.3, 0.4) is 0 Å². The third-order valence-electron chi connectivity index (χ3n) is 6.53. The Kier molecular flexibility index (Phi) is 6.21. The molecule has 0 bridgehead atoms. The summed E-state index contributed by atoms with van der Waals surface area (Å²) in [4.78, 5) is 13.6. The maximum atomic E-state index is 13.6. The van der Waals surface area contributed by atoms with E-state index in [-0.39, 0.29) is 45.5 Å². The van der Waals surface area contributed by atoms with E-state index in [9.17, 15) is 20.1 Å². The van der Waals surface area contributed by atoms with Gasteiger partial charge in [0, 0.05) is 17.5 Å². The minimum absolute atomic E-state index is 0.0216. The maximum absolute atomic E-state index is 13.6. The average Bonchev–Trinajstić information content (AvgIpc) is 2.75. The summed E-state index contributed by atoms with van der Waals surface area (Å²) in [7, 11) is 0. The van der Waals surface area contributed by atoms with Crippen molar-refractivity contribution in [2.75, 3.05) is 0 Å². The number of allylic oxidation sites excluding steroid dienone is 4. The van der Waals surface area contributed by atoms with Crippen molar-refractivity contribution in [3.8, 4) is 17.2 Å². The SMILES string of the molecule is CC(C)=CCCC(C)=CCc1c(O)c2c(c3c(=O)c4cc(O)ccc4oc13)OC(C)(C)C(O)C2. The molecule has 34 heavy (non-hydrogen) atoms. The second-order valence-corrected chi connectivity index (χ2v) is 9.95. The zero-order chi connectivity index (χ0) is 24.8. The van der Waals surface area contributed by atoms with Crippen molar-refractivity contribution in [3.05, 3.63) is 62.8 Å². The quantitative estimate of drug-likeness (QED) is 0.332.